The first-order valence-corrected chi connectivity index (χ1v) is 12.0. The Bertz CT molecular complexity index is 1350. The van der Waals surface area contributed by atoms with Gasteiger partial charge in [-0.1, -0.05) is 13.0 Å². The number of hydroxylamine groups is 1. The standard InChI is InChI=1S/C25H30N4O10/c1-8-9-5-6-10(28-11(30)7-27-39-4)18(31)13(9)19(32)14-12(8)20(33)16-17(29(2)3)21(34)15(24(26)37)23(36)25(16,38)22(14)35/h5-6,8,12,16-17,20,27,31,33-35,38H,7H2,1-4H3,(H2,26,37)(H,28,30)/t8?,12?,16?,17-,20?,25-/m0/s1. The Morgan fingerprint density at radius 1 is 1.18 bits per heavy atom. The molecule has 1 aromatic carbocycles. The first-order chi connectivity index (χ1) is 18.2. The van der Waals surface area contributed by atoms with Crippen LogP contribution in [0, 0.1) is 11.8 Å². The van der Waals surface area contributed by atoms with Gasteiger partial charge in [0.15, 0.2) is 17.1 Å². The van der Waals surface area contributed by atoms with Gasteiger partial charge in [-0.25, -0.2) is 0 Å². The van der Waals surface area contributed by atoms with E-state index < -0.39 is 87.3 Å². The molecule has 2 amide bonds. The maximum Gasteiger partial charge on any atom is 0.255 e. The van der Waals surface area contributed by atoms with Crippen molar-refractivity contribution < 1.29 is 49.5 Å². The maximum atomic E-state index is 13.8. The summed E-state index contributed by atoms with van der Waals surface area (Å²) in [4.78, 5) is 57.3. The van der Waals surface area contributed by atoms with Crippen LogP contribution < -0.4 is 16.5 Å². The van der Waals surface area contributed by atoms with Gasteiger partial charge in [0.1, 0.15) is 23.6 Å². The summed E-state index contributed by atoms with van der Waals surface area (Å²) in [5.74, 6) is -10.5. The number of benzene rings is 1. The third-order valence-corrected chi connectivity index (χ3v) is 7.78. The average Bonchev–Trinajstić information content (AvgIpc) is 2.85. The van der Waals surface area contributed by atoms with Gasteiger partial charge in [-0.3, -0.25) is 24.1 Å². The van der Waals surface area contributed by atoms with Crippen LogP contribution in [0.25, 0.3) is 0 Å². The largest absolute Gasteiger partial charge is 0.510 e. The highest BCUT2D eigenvalue weighted by Gasteiger charge is 2.67. The summed E-state index contributed by atoms with van der Waals surface area (Å²) in [6, 6.07) is 1.49. The van der Waals surface area contributed by atoms with Crippen molar-refractivity contribution >= 4 is 29.1 Å². The number of fused-ring (bicyclic) bond motifs is 3. The minimum absolute atomic E-state index is 0.131. The molecule has 0 radical (unpaired) electrons. The number of hydrogen-bond acceptors (Lipinski definition) is 12. The number of rotatable bonds is 6. The van der Waals surface area contributed by atoms with E-state index in [2.05, 4.69) is 15.6 Å². The summed E-state index contributed by atoms with van der Waals surface area (Å²) in [6.07, 6.45) is -1.69. The fraction of sp³-hybridized carbons (Fsp3) is 0.440. The highest BCUT2D eigenvalue weighted by Crippen LogP contribution is 2.55. The van der Waals surface area contributed by atoms with Crippen LogP contribution in [-0.4, -0.2) is 99.3 Å². The number of nitrogens with zero attached hydrogens (tertiary/aromatic N) is 1. The van der Waals surface area contributed by atoms with Gasteiger partial charge < -0.3 is 41.4 Å². The Morgan fingerprint density at radius 2 is 1.82 bits per heavy atom. The molecule has 0 aliphatic heterocycles. The summed E-state index contributed by atoms with van der Waals surface area (Å²) in [5.41, 5.74) is 2.95. The third-order valence-electron chi connectivity index (χ3n) is 7.78. The lowest BCUT2D eigenvalue weighted by molar-refractivity contribution is -0.162. The van der Waals surface area contributed by atoms with Crippen LogP contribution in [-0.2, 0) is 19.2 Å². The van der Waals surface area contributed by atoms with Gasteiger partial charge in [-0.15, -0.1) is 0 Å². The molecule has 0 aromatic heterocycles. The number of hydrogen-bond donors (Lipinski definition) is 8. The molecule has 3 aliphatic carbocycles. The Labute approximate surface area is 222 Å². The van der Waals surface area contributed by atoms with E-state index in [0.717, 1.165) is 0 Å². The average molecular weight is 547 g/mol. The van der Waals surface area contributed by atoms with E-state index in [9.17, 15) is 44.7 Å². The van der Waals surface area contributed by atoms with Crippen LogP contribution in [0.15, 0.2) is 34.8 Å². The molecule has 0 saturated carbocycles. The van der Waals surface area contributed by atoms with Crippen molar-refractivity contribution in [2.45, 2.75) is 30.6 Å². The van der Waals surface area contributed by atoms with Crippen LogP contribution in [0.5, 0.6) is 5.75 Å². The lowest BCUT2D eigenvalue weighted by atomic mass is 9.55. The number of phenolic OH excluding ortho intramolecular Hbond substituents is 1. The molecule has 0 saturated heterocycles. The predicted octanol–water partition coefficient (Wildman–Crippen LogP) is -1.26. The van der Waals surface area contributed by atoms with E-state index in [0.29, 0.717) is 0 Å². The smallest absolute Gasteiger partial charge is 0.255 e. The molecule has 4 unspecified atom stereocenters. The summed E-state index contributed by atoms with van der Waals surface area (Å²) in [6.45, 7) is 1.33. The first kappa shape index (κ1) is 28.2. The van der Waals surface area contributed by atoms with Gasteiger partial charge in [0.2, 0.25) is 11.7 Å². The molecule has 9 N–H and O–H groups in total. The number of nitrogens with two attached hydrogens (primary N) is 1. The Balaban J connectivity index is 1.92. The molecule has 14 nitrogen and oxygen atoms in total. The number of primary amides is 1. The molecule has 210 valence electrons. The Kier molecular flexibility index (Phi) is 7.04. The van der Waals surface area contributed by atoms with Crippen molar-refractivity contribution in [3.05, 3.63) is 45.9 Å². The number of amides is 2. The zero-order valence-electron chi connectivity index (χ0n) is 21.6. The minimum Gasteiger partial charge on any atom is -0.510 e. The van der Waals surface area contributed by atoms with Crippen LogP contribution >= 0.6 is 0 Å². The number of likely N-dealkylation sites (N-methyl/N-ethyl adjacent to an activating group) is 1. The molecule has 6 atom stereocenters. The summed E-state index contributed by atoms with van der Waals surface area (Å²) in [7, 11) is 4.22. The SMILES string of the molecule is CONCC(=O)Nc1ccc2c(c1O)C(=O)C1=C(O)[C@]3(O)C(=O)C(C(N)=O)=C(O)[C@@H](N(C)C)C3C(O)C1C2C. The monoisotopic (exact) mass is 546 g/mol. The minimum atomic E-state index is -3.00. The molecule has 0 heterocycles. The van der Waals surface area contributed by atoms with E-state index in [-0.39, 0.29) is 23.4 Å². The molecule has 0 bridgehead atoms. The van der Waals surface area contributed by atoms with E-state index in [1.165, 1.54) is 38.2 Å². The van der Waals surface area contributed by atoms with E-state index in [1.54, 1.807) is 6.92 Å². The molecular weight excluding hydrogens is 516 g/mol. The summed E-state index contributed by atoms with van der Waals surface area (Å²) >= 11 is 0. The molecule has 0 spiro atoms. The fourth-order valence-electron chi connectivity index (χ4n) is 6.06. The van der Waals surface area contributed by atoms with E-state index in [4.69, 9.17) is 5.73 Å². The topological polar surface area (TPSA) is 232 Å². The number of nitrogens with one attached hydrogen (secondary N) is 2. The maximum absolute atomic E-state index is 13.8. The Morgan fingerprint density at radius 3 is 2.38 bits per heavy atom. The van der Waals surface area contributed by atoms with Crippen molar-refractivity contribution in [2.24, 2.45) is 17.6 Å². The number of ketones is 2. The molecular formula is C25H30N4O10. The van der Waals surface area contributed by atoms with Gasteiger partial charge in [0, 0.05) is 11.5 Å². The first-order valence-electron chi connectivity index (χ1n) is 12.0. The molecule has 0 fully saturated rings. The number of anilines is 1. The van der Waals surface area contributed by atoms with Gasteiger partial charge >= 0.3 is 0 Å². The van der Waals surface area contributed by atoms with Crippen molar-refractivity contribution in [1.82, 2.24) is 10.4 Å². The van der Waals surface area contributed by atoms with E-state index in [1.807, 2.05) is 0 Å². The number of aliphatic hydroxyl groups is 4. The quantitative estimate of drug-likeness (QED) is 0.119. The number of aromatic hydroxyl groups is 1. The van der Waals surface area contributed by atoms with Crippen molar-refractivity contribution in [2.75, 3.05) is 33.1 Å². The van der Waals surface area contributed by atoms with E-state index >= 15 is 0 Å². The molecule has 39 heavy (non-hydrogen) atoms. The number of aliphatic hydroxyl groups excluding tert-OH is 3. The van der Waals surface area contributed by atoms with Crippen molar-refractivity contribution in [3.63, 3.8) is 0 Å². The van der Waals surface area contributed by atoms with Crippen molar-refractivity contribution in [1.29, 1.82) is 0 Å². The molecule has 3 aliphatic rings. The van der Waals surface area contributed by atoms with Crippen LogP contribution in [0.2, 0.25) is 0 Å². The lowest BCUT2D eigenvalue weighted by Crippen LogP contribution is -2.68. The second kappa shape index (κ2) is 9.73. The van der Waals surface area contributed by atoms with Gasteiger partial charge in [-0.05, 0) is 31.6 Å². The lowest BCUT2D eigenvalue weighted by Gasteiger charge is -2.53. The predicted molar refractivity (Wildman–Crippen MR) is 133 cm³/mol. The number of carbonyl (C=O) groups excluding carboxylic acids is 4. The van der Waals surface area contributed by atoms with Gasteiger partial charge in [-0.2, -0.15) is 5.48 Å². The Hall–Kier alpha value is -3.82. The summed E-state index contributed by atoms with van der Waals surface area (Å²) in [5, 5.41) is 58.8. The number of phenols is 1. The highest BCUT2D eigenvalue weighted by molar-refractivity contribution is 6.25. The number of carbonyl (C=O) groups is 4. The zero-order chi connectivity index (χ0) is 29.1. The van der Waals surface area contributed by atoms with Crippen LogP contribution in [0.3, 0.4) is 0 Å². The van der Waals surface area contributed by atoms with Gasteiger partial charge in [0.25, 0.3) is 5.91 Å². The third kappa shape index (κ3) is 3.91. The highest BCUT2D eigenvalue weighted by atomic mass is 16.6. The van der Waals surface area contributed by atoms with Crippen LogP contribution in [0.4, 0.5) is 5.69 Å². The molecule has 4 rings (SSSR count). The second-order valence-electron chi connectivity index (χ2n) is 10.1. The number of Topliss-reactive ketones (excluding diaryl/α,β-unsaturated/α-hetero) is 2. The zero-order valence-corrected chi connectivity index (χ0v) is 21.6. The molecule has 14 heteroatoms. The van der Waals surface area contributed by atoms with Gasteiger partial charge in [0.05, 0.1) is 36.4 Å². The normalized spacial score (nSPS) is 30.2. The second-order valence-corrected chi connectivity index (χ2v) is 10.1. The molecule has 1 aromatic rings. The van der Waals surface area contributed by atoms with Crippen LogP contribution in [0.1, 0.15) is 28.8 Å². The summed E-state index contributed by atoms with van der Waals surface area (Å²) < 4.78 is 0. The van der Waals surface area contributed by atoms with Crippen molar-refractivity contribution in [3.8, 4) is 5.75 Å². The fourth-order valence-corrected chi connectivity index (χ4v) is 6.06.